The van der Waals surface area contributed by atoms with Gasteiger partial charge in [-0.3, -0.25) is 0 Å². The first-order chi connectivity index (χ1) is 7.83. The Labute approximate surface area is 107 Å². The highest BCUT2D eigenvalue weighted by Crippen LogP contribution is 2.18. The molecule has 0 heterocycles. The predicted octanol–water partition coefficient (Wildman–Crippen LogP) is 5.63. The summed E-state index contributed by atoms with van der Waals surface area (Å²) in [6.45, 7) is 8.39. The van der Waals surface area contributed by atoms with Gasteiger partial charge in [-0.05, 0) is 34.7 Å². The quantitative estimate of drug-likeness (QED) is 0.627. The van der Waals surface area contributed by atoms with Gasteiger partial charge >= 0.3 is 0 Å². The normalized spacial score (nSPS) is 9.18. The lowest BCUT2D eigenvalue weighted by Crippen LogP contribution is -1.83. The molecular weight excluding hydrogens is 204 g/mol. The van der Waals surface area contributed by atoms with Crippen LogP contribution in [0.1, 0.15) is 46.2 Å². The summed E-state index contributed by atoms with van der Waals surface area (Å²) in [5.41, 5.74) is 2.84. The molecule has 0 N–H and O–H groups in total. The van der Waals surface area contributed by atoms with Gasteiger partial charge in [-0.25, -0.2) is 0 Å². The van der Waals surface area contributed by atoms with Crippen LogP contribution in [0.15, 0.2) is 36.4 Å². The molecule has 0 nitrogen and oxygen atoms in total. The SMILES string of the molecule is C.CC.CCc1ccc2cc(CC)ccc2c1. The molecule has 0 atom stereocenters. The van der Waals surface area contributed by atoms with Gasteiger partial charge in [0, 0.05) is 0 Å². The molecule has 94 valence electrons. The third-order valence-corrected chi connectivity index (χ3v) is 2.79. The van der Waals surface area contributed by atoms with Gasteiger partial charge < -0.3 is 0 Å². The molecule has 2 aromatic carbocycles. The first-order valence-electron chi connectivity index (χ1n) is 6.35. The van der Waals surface area contributed by atoms with E-state index in [2.05, 4.69) is 50.2 Å². The topological polar surface area (TPSA) is 0 Å². The smallest absolute Gasteiger partial charge is 0.0181 e. The van der Waals surface area contributed by atoms with Gasteiger partial charge in [0.25, 0.3) is 0 Å². The average molecular weight is 230 g/mol. The van der Waals surface area contributed by atoms with Crippen LogP contribution in [0.5, 0.6) is 0 Å². The molecule has 0 fully saturated rings. The van der Waals surface area contributed by atoms with Crippen molar-refractivity contribution in [3.05, 3.63) is 47.5 Å². The van der Waals surface area contributed by atoms with E-state index in [1.807, 2.05) is 13.8 Å². The fraction of sp³-hybridized carbons (Fsp3) is 0.412. The van der Waals surface area contributed by atoms with E-state index in [0.717, 1.165) is 12.8 Å². The first kappa shape index (κ1) is 15.7. The van der Waals surface area contributed by atoms with Crippen molar-refractivity contribution in [2.45, 2.75) is 48.0 Å². The summed E-state index contributed by atoms with van der Waals surface area (Å²) in [5, 5.41) is 2.73. The van der Waals surface area contributed by atoms with E-state index in [1.165, 1.54) is 21.9 Å². The van der Waals surface area contributed by atoms with Gasteiger partial charge in [0.05, 0.1) is 0 Å². The Bertz CT molecular complexity index is 397. The van der Waals surface area contributed by atoms with Gasteiger partial charge in [-0.15, -0.1) is 0 Å². The van der Waals surface area contributed by atoms with Crippen molar-refractivity contribution in [2.75, 3.05) is 0 Å². The molecule has 0 aromatic heterocycles. The molecule has 0 heteroatoms. The summed E-state index contributed by atoms with van der Waals surface area (Å²) < 4.78 is 0. The van der Waals surface area contributed by atoms with Gasteiger partial charge in [0.1, 0.15) is 0 Å². The minimum absolute atomic E-state index is 0. The minimum Gasteiger partial charge on any atom is -0.0776 e. The molecule has 0 aliphatic heterocycles. The molecule has 0 aliphatic carbocycles. The maximum Gasteiger partial charge on any atom is -0.0181 e. The summed E-state index contributed by atoms with van der Waals surface area (Å²) >= 11 is 0. The van der Waals surface area contributed by atoms with E-state index < -0.39 is 0 Å². The Morgan fingerprint density at radius 1 is 0.706 bits per heavy atom. The molecule has 0 saturated heterocycles. The molecule has 17 heavy (non-hydrogen) atoms. The van der Waals surface area contributed by atoms with Gasteiger partial charge in [-0.1, -0.05) is 71.5 Å². The number of benzene rings is 2. The Morgan fingerprint density at radius 2 is 1.06 bits per heavy atom. The third-order valence-electron chi connectivity index (χ3n) is 2.79. The molecule has 0 bridgehead atoms. The van der Waals surface area contributed by atoms with E-state index in [1.54, 1.807) is 0 Å². The Balaban J connectivity index is 0.000000811. The second-order valence-corrected chi connectivity index (χ2v) is 3.72. The molecule has 0 spiro atoms. The van der Waals surface area contributed by atoms with Crippen LogP contribution in [0, 0.1) is 0 Å². The van der Waals surface area contributed by atoms with Crippen LogP contribution in [0.25, 0.3) is 10.8 Å². The van der Waals surface area contributed by atoms with Crippen molar-refractivity contribution >= 4 is 10.8 Å². The van der Waals surface area contributed by atoms with Crippen molar-refractivity contribution in [3.63, 3.8) is 0 Å². The Kier molecular flexibility index (Phi) is 7.29. The highest BCUT2D eigenvalue weighted by atomic mass is 14.0. The molecule has 0 amide bonds. The third kappa shape index (κ3) is 3.89. The zero-order chi connectivity index (χ0) is 12.0. The lowest BCUT2D eigenvalue weighted by Gasteiger charge is -2.03. The molecule has 2 rings (SSSR count). The van der Waals surface area contributed by atoms with Crippen LogP contribution in [-0.2, 0) is 12.8 Å². The van der Waals surface area contributed by atoms with Crippen molar-refractivity contribution < 1.29 is 0 Å². The van der Waals surface area contributed by atoms with Crippen molar-refractivity contribution in [1.29, 1.82) is 0 Å². The van der Waals surface area contributed by atoms with E-state index in [-0.39, 0.29) is 7.43 Å². The van der Waals surface area contributed by atoms with Gasteiger partial charge in [0.15, 0.2) is 0 Å². The lowest BCUT2D eigenvalue weighted by atomic mass is 10.0. The predicted molar refractivity (Wildman–Crippen MR) is 80.8 cm³/mol. The van der Waals surface area contributed by atoms with Crippen LogP contribution < -0.4 is 0 Å². The van der Waals surface area contributed by atoms with Crippen molar-refractivity contribution in [1.82, 2.24) is 0 Å². The highest BCUT2D eigenvalue weighted by molar-refractivity contribution is 5.83. The van der Waals surface area contributed by atoms with E-state index in [9.17, 15) is 0 Å². The Hall–Kier alpha value is -1.30. The van der Waals surface area contributed by atoms with Crippen LogP contribution in [0.4, 0.5) is 0 Å². The van der Waals surface area contributed by atoms with Crippen molar-refractivity contribution in [2.24, 2.45) is 0 Å². The first-order valence-corrected chi connectivity index (χ1v) is 6.35. The van der Waals surface area contributed by atoms with E-state index >= 15 is 0 Å². The van der Waals surface area contributed by atoms with Crippen LogP contribution in [-0.4, -0.2) is 0 Å². The number of hydrogen-bond donors (Lipinski definition) is 0. The zero-order valence-corrected chi connectivity index (χ0v) is 10.9. The zero-order valence-electron chi connectivity index (χ0n) is 10.9. The summed E-state index contributed by atoms with van der Waals surface area (Å²) in [4.78, 5) is 0. The number of rotatable bonds is 2. The second kappa shape index (κ2) is 7.89. The van der Waals surface area contributed by atoms with E-state index in [4.69, 9.17) is 0 Å². The number of aryl methyl sites for hydroxylation is 2. The molecule has 0 unspecified atom stereocenters. The van der Waals surface area contributed by atoms with Gasteiger partial charge in [-0.2, -0.15) is 0 Å². The van der Waals surface area contributed by atoms with Crippen LogP contribution >= 0.6 is 0 Å². The fourth-order valence-electron chi connectivity index (χ4n) is 1.78. The van der Waals surface area contributed by atoms with Crippen molar-refractivity contribution in [3.8, 4) is 0 Å². The van der Waals surface area contributed by atoms with Crippen LogP contribution in [0.2, 0.25) is 0 Å². The Morgan fingerprint density at radius 3 is 1.35 bits per heavy atom. The molecular formula is C17H26. The molecule has 0 saturated carbocycles. The summed E-state index contributed by atoms with van der Waals surface area (Å²) in [7, 11) is 0. The number of fused-ring (bicyclic) bond motifs is 1. The summed E-state index contributed by atoms with van der Waals surface area (Å²) in [6, 6.07) is 13.5. The molecule has 0 radical (unpaired) electrons. The van der Waals surface area contributed by atoms with Crippen LogP contribution in [0.3, 0.4) is 0 Å². The molecule has 0 aliphatic rings. The van der Waals surface area contributed by atoms with Gasteiger partial charge in [0.2, 0.25) is 0 Å². The minimum atomic E-state index is 0. The maximum atomic E-state index is 2.29. The highest BCUT2D eigenvalue weighted by Gasteiger charge is 1.96. The average Bonchev–Trinajstić information content (AvgIpc) is 2.39. The second-order valence-electron chi connectivity index (χ2n) is 3.72. The van der Waals surface area contributed by atoms with E-state index in [0.29, 0.717) is 0 Å². The summed E-state index contributed by atoms with van der Waals surface area (Å²) in [5.74, 6) is 0. The summed E-state index contributed by atoms with van der Waals surface area (Å²) in [6.07, 6.45) is 2.23. The lowest BCUT2D eigenvalue weighted by molar-refractivity contribution is 1.14. The maximum absolute atomic E-state index is 2.29. The molecule has 2 aromatic rings. The largest absolute Gasteiger partial charge is 0.0776 e. The standard InChI is InChI=1S/C14H16.C2H6.CH4/c1-3-11-5-7-14-10-12(4-2)6-8-13(14)9-11;1-2;/h5-10H,3-4H2,1-2H3;1-2H3;1H4. The number of hydrogen-bond acceptors (Lipinski definition) is 0. The fourth-order valence-corrected chi connectivity index (χ4v) is 1.78. The monoisotopic (exact) mass is 230 g/mol.